The minimum absolute atomic E-state index is 0.705. The Labute approximate surface area is 166 Å². The van der Waals surface area contributed by atoms with Gasteiger partial charge in [0.1, 0.15) is 11.6 Å². The van der Waals surface area contributed by atoms with Crippen molar-refractivity contribution < 1.29 is 9.47 Å². The van der Waals surface area contributed by atoms with Crippen LogP contribution < -0.4 is 4.74 Å². The third-order valence-corrected chi connectivity index (χ3v) is 5.30. The molecule has 0 amide bonds. The maximum absolute atomic E-state index is 5.99. The molecule has 1 aliphatic heterocycles. The molecule has 5 heteroatoms. The zero-order valence-corrected chi connectivity index (χ0v) is 16.6. The summed E-state index contributed by atoms with van der Waals surface area (Å²) in [6, 6.07) is 16.8. The molecule has 0 N–H and O–H groups in total. The van der Waals surface area contributed by atoms with Crippen molar-refractivity contribution in [2.45, 2.75) is 32.9 Å². The van der Waals surface area contributed by atoms with Crippen molar-refractivity contribution in [3.63, 3.8) is 0 Å². The van der Waals surface area contributed by atoms with Crippen LogP contribution in [0.5, 0.6) is 5.75 Å². The fraction of sp³-hybridized carbons (Fsp3) is 0.435. The molecule has 0 aliphatic carbocycles. The highest BCUT2D eigenvalue weighted by Gasteiger charge is 2.16. The summed E-state index contributed by atoms with van der Waals surface area (Å²) in [5.74, 6) is 2.10. The highest BCUT2D eigenvalue weighted by molar-refractivity contribution is 5.75. The van der Waals surface area contributed by atoms with Gasteiger partial charge in [-0.15, -0.1) is 0 Å². The molecule has 0 saturated carbocycles. The van der Waals surface area contributed by atoms with E-state index in [9.17, 15) is 0 Å². The molecule has 1 saturated heterocycles. The lowest BCUT2D eigenvalue weighted by atomic mass is 10.2. The molecule has 28 heavy (non-hydrogen) atoms. The van der Waals surface area contributed by atoms with Crippen molar-refractivity contribution in [1.82, 2.24) is 14.5 Å². The van der Waals surface area contributed by atoms with Gasteiger partial charge < -0.3 is 14.0 Å². The molecule has 0 bridgehead atoms. The summed E-state index contributed by atoms with van der Waals surface area (Å²) < 4.78 is 13.8. The van der Waals surface area contributed by atoms with E-state index in [1.807, 2.05) is 6.07 Å². The van der Waals surface area contributed by atoms with Crippen LogP contribution in [0.25, 0.3) is 11.0 Å². The number of benzene rings is 2. The Morgan fingerprint density at radius 2 is 1.93 bits per heavy atom. The zero-order valence-electron chi connectivity index (χ0n) is 16.6. The van der Waals surface area contributed by atoms with E-state index in [-0.39, 0.29) is 0 Å². The lowest BCUT2D eigenvalue weighted by Gasteiger charge is -2.26. The molecule has 148 valence electrons. The van der Waals surface area contributed by atoms with Gasteiger partial charge in [0.15, 0.2) is 0 Å². The predicted molar refractivity (Wildman–Crippen MR) is 112 cm³/mol. The number of para-hydroxylation sites is 2. The fourth-order valence-corrected chi connectivity index (χ4v) is 3.72. The topological polar surface area (TPSA) is 39.5 Å². The van der Waals surface area contributed by atoms with Crippen molar-refractivity contribution in [3.8, 4) is 5.75 Å². The number of hydrogen-bond acceptors (Lipinski definition) is 4. The van der Waals surface area contributed by atoms with Gasteiger partial charge in [0.05, 0.1) is 37.4 Å². The Morgan fingerprint density at radius 3 is 2.79 bits per heavy atom. The van der Waals surface area contributed by atoms with E-state index >= 15 is 0 Å². The summed E-state index contributed by atoms with van der Waals surface area (Å²) in [4.78, 5) is 7.33. The second kappa shape index (κ2) is 9.22. The van der Waals surface area contributed by atoms with Crippen LogP contribution in [0.4, 0.5) is 0 Å². The summed E-state index contributed by atoms with van der Waals surface area (Å²) in [5, 5.41) is 0. The van der Waals surface area contributed by atoms with Gasteiger partial charge in [-0.25, -0.2) is 4.98 Å². The lowest BCUT2D eigenvalue weighted by Crippen LogP contribution is -2.36. The molecule has 0 unspecified atom stereocenters. The summed E-state index contributed by atoms with van der Waals surface area (Å²) in [7, 11) is 0. The first kappa shape index (κ1) is 19.0. The predicted octanol–water partition coefficient (Wildman–Crippen LogP) is 3.90. The molecule has 1 aliphatic rings. The monoisotopic (exact) mass is 379 g/mol. The smallest absolute Gasteiger partial charge is 0.124 e. The number of hydrogen-bond donors (Lipinski definition) is 0. The number of nitrogens with zero attached hydrogens (tertiary/aromatic N) is 3. The summed E-state index contributed by atoms with van der Waals surface area (Å²) in [6.07, 6.45) is 1.98. The first-order valence-electron chi connectivity index (χ1n) is 10.3. The van der Waals surface area contributed by atoms with Crippen LogP contribution in [0.1, 0.15) is 24.7 Å². The molecule has 3 aromatic rings. The van der Waals surface area contributed by atoms with Gasteiger partial charge in [0, 0.05) is 19.6 Å². The molecule has 4 rings (SSSR count). The van der Waals surface area contributed by atoms with Crippen molar-refractivity contribution in [2.24, 2.45) is 0 Å². The molecule has 1 fully saturated rings. The van der Waals surface area contributed by atoms with Gasteiger partial charge in [-0.2, -0.15) is 0 Å². The van der Waals surface area contributed by atoms with Crippen LogP contribution in [-0.2, 0) is 24.2 Å². The van der Waals surface area contributed by atoms with Gasteiger partial charge in [0.25, 0.3) is 0 Å². The second-order valence-electron chi connectivity index (χ2n) is 7.26. The SMILES string of the molecule is CCc1cccc(OCCCn2c(CN3CCOCC3)nc3ccccc32)c1. The average Bonchev–Trinajstić information content (AvgIpc) is 3.09. The third-order valence-electron chi connectivity index (χ3n) is 5.30. The molecular weight excluding hydrogens is 350 g/mol. The highest BCUT2D eigenvalue weighted by Crippen LogP contribution is 2.19. The maximum atomic E-state index is 5.99. The number of ether oxygens (including phenoxy) is 2. The fourth-order valence-electron chi connectivity index (χ4n) is 3.72. The molecular formula is C23H29N3O2. The zero-order chi connectivity index (χ0) is 19.2. The summed E-state index contributed by atoms with van der Waals surface area (Å²) >= 11 is 0. The molecule has 2 heterocycles. The Morgan fingerprint density at radius 1 is 1.07 bits per heavy atom. The quantitative estimate of drug-likeness (QED) is 0.557. The molecule has 5 nitrogen and oxygen atoms in total. The first-order valence-corrected chi connectivity index (χ1v) is 10.3. The Kier molecular flexibility index (Phi) is 6.24. The van der Waals surface area contributed by atoms with Gasteiger partial charge in [0.2, 0.25) is 0 Å². The molecule has 2 aromatic carbocycles. The van der Waals surface area contributed by atoms with Crippen LogP contribution in [0.2, 0.25) is 0 Å². The van der Waals surface area contributed by atoms with E-state index in [0.29, 0.717) is 6.61 Å². The maximum Gasteiger partial charge on any atom is 0.124 e. The third kappa shape index (κ3) is 4.54. The second-order valence-corrected chi connectivity index (χ2v) is 7.26. The summed E-state index contributed by atoms with van der Waals surface area (Å²) in [5.41, 5.74) is 3.59. The van der Waals surface area contributed by atoms with E-state index in [1.165, 1.54) is 11.1 Å². The van der Waals surface area contributed by atoms with Crippen LogP contribution in [0.3, 0.4) is 0 Å². The minimum atomic E-state index is 0.705. The van der Waals surface area contributed by atoms with Crippen molar-refractivity contribution in [2.75, 3.05) is 32.9 Å². The van der Waals surface area contributed by atoms with Crippen LogP contribution in [-0.4, -0.2) is 47.4 Å². The standard InChI is InChI=1S/C23H29N3O2/c1-2-19-7-5-8-20(17-19)28-14-6-11-26-22-10-4-3-9-21(22)24-23(26)18-25-12-15-27-16-13-25/h3-5,7-10,17H,2,6,11-16,18H2,1H3. The van der Waals surface area contributed by atoms with E-state index in [4.69, 9.17) is 14.5 Å². The van der Waals surface area contributed by atoms with E-state index in [0.717, 1.165) is 69.3 Å². The van der Waals surface area contributed by atoms with E-state index in [1.54, 1.807) is 0 Å². The summed E-state index contributed by atoms with van der Waals surface area (Å²) in [6.45, 7) is 8.22. The molecule has 0 radical (unpaired) electrons. The number of fused-ring (bicyclic) bond motifs is 1. The van der Waals surface area contributed by atoms with Gasteiger partial charge >= 0.3 is 0 Å². The van der Waals surface area contributed by atoms with Crippen molar-refractivity contribution >= 4 is 11.0 Å². The molecule has 1 aromatic heterocycles. The number of morpholine rings is 1. The lowest BCUT2D eigenvalue weighted by molar-refractivity contribution is 0.0326. The number of rotatable bonds is 8. The Hall–Kier alpha value is -2.37. The van der Waals surface area contributed by atoms with Gasteiger partial charge in [-0.1, -0.05) is 31.2 Å². The minimum Gasteiger partial charge on any atom is -0.494 e. The average molecular weight is 380 g/mol. The first-order chi connectivity index (χ1) is 13.8. The molecule has 0 spiro atoms. The van der Waals surface area contributed by atoms with Gasteiger partial charge in [-0.3, -0.25) is 4.90 Å². The van der Waals surface area contributed by atoms with E-state index < -0.39 is 0 Å². The number of aryl methyl sites for hydroxylation is 2. The number of aromatic nitrogens is 2. The molecule has 0 atom stereocenters. The van der Waals surface area contributed by atoms with Gasteiger partial charge in [-0.05, 0) is 42.7 Å². The van der Waals surface area contributed by atoms with Crippen molar-refractivity contribution in [1.29, 1.82) is 0 Å². The number of imidazole rings is 1. The van der Waals surface area contributed by atoms with E-state index in [2.05, 4.69) is 58.9 Å². The Balaban J connectivity index is 1.42. The van der Waals surface area contributed by atoms with Crippen LogP contribution >= 0.6 is 0 Å². The van der Waals surface area contributed by atoms with Crippen molar-refractivity contribution in [3.05, 3.63) is 59.9 Å². The Bertz CT molecular complexity index is 900. The normalized spacial score (nSPS) is 15.2. The van der Waals surface area contributed by atoms with Crippen LogP contribution in [0.15, 0.2) is 48.5 Å². The largest absolute Gasteiger partial charge is 0.494 e. The highest BCUT2D eigenvalue weighted by atomic mass is 16.5. The van der Waals surface area contributed by atoms with Crippen LogP contribution in [0, 0.1) is 0 Å².